The molecular weight excluding hydrogens is 381 g/mol. The Balaban J connectivity index is 0.00000182. The molecule has 6 heteroatoms. The highest BCUT2D eigenvalue weighted by molar-refractivity contribution is 5.97. The summed E-state index contributed by atoms with van der Waals surface area (Å²) in [6.45, 7) is 11.0. The number of Topliss-reactive ketones (excluding diaryl/α,β-unsaturated/α-hetero) is 1. The predicted molar refractivity (Wildman–Crippen MR) is 116 cm³/mol. The van der Waals surface area contributed by atoms with Crippen LogP contribution in [0, 0.1) is 17.8 Å². The number of nitrogens with zero attached hydrogens (tertiary/aromatic N) is 3. The minimum absolute atomic E-state index is 0. The molecule has 0 bridgehead atoms. The van der Waals surface area contributed by atoms with Crippen molar-refractivity contribution in [1.29, 1.82) is 0 Å². The second kappa shape index (κ2) is 12.0. The molecule has 154 valence electrons. The molecule has 2 aliphatic rings. The van der Waals surface area contributed by atoms with Gasteiger partial charge in [0.25, 0.3) is 0 Å². The average molecular weight is 416 g/mol. The van der Waals surface area contributed by atoms with Gasteiger partial charge in [0.2, 0.25) is 0 Å². The Kier molecular flexibility index (Phi) is 10.8. The van der Waals surface area contributed by atoms with Crippen molar-refractivity contribution in [3.8, 4) is 0 Å². The van der Waals surface area contributed by atoms with Crippen molar-refractivity contribution >= 4 is 30.6 Å². The lowest BCUT2D eigenvalue weighted by atomic mass is 9.93. The monoisotopic (exact) mass is 415 g/mol. The summed E-state index contributed by atoms with van der Waals surface area (Å²) in [4.78, 5) is 22.3. The molecule has 4 nitrogen and oxygen atoms in total. The van der Waals surface area contributed by atoms with Gasteiger partial charge >= 0.3 is 0 Å². The Bertz CT molecular complexity index is 518. The number of likely N-dealkylation sites (tertiary alicyclic amines) is 2. The van der Waals surface area contributed by atoms with E-state index in [1.807, 2.05) is 12.1 Å². The van der Waals surface area contributed by atoms with Crippen LogP contribution in [0.25, 0.3) is 0 Å². The number of carbonyl (C=O) groups excluding carboxylic acids is 1. The highest BCUT2D eigenvalue weighted by atomic mass is 35.5. The zero-order chi connectivity index (χ0) is 17.6. The van der Waals surface area contributed by atoms with Crippen molar-refractivity contribution in [1.82, 2.24) is 14.8 Å². The molecule has 27 heavy (non-hydrogen) atoms. The molecule has 2 aliphatic heterocycles. The normalized spacial score (nSPS) is 20.1. The van der Waals surface area contributed by atoms with E-state index in [0.717, 1.165) is 56.7 Å². The summed E-state index contributed by atoms with van der Waals surface area (Å²) < 4.78 is 0. The number of carbonyl (C=O) groups is 1. The van der Waals surface area contributed by atoms with Crippen LogP contribution in [0.1, 0.15) is 49.9 Å². The summed E-state index contributed by atoms with van der Waals surface area (Å²) in [5, 5.41) is 0. The maximum absolute atomic E-state index is 13.1. The number of ketones is 1. The van der Waals surface area contributed by atoms with Gasteiger partial charge in [-0.2, -0.15) is 0 Å². The Morgan fingerprint density at radius 2 is 1.48 bits per heavy atom. The molecule has 0 radical (unpaired) electrons. The van der Waals surface area contributed by atoms with Crippen molar-refractivity contribution in [3.05, 3.63) is 30.1 Å². The van der Waals surface area contributed by atoms with Crippen LogP contribution in [-0.4, -0.2) is 59.8 Å². The van der Waals surface area contributed by atoms with Crippen LogP contribution in [0.4, 0.5) is 0 Å². The highest BCUT2D eigenvalue weighted by Crippen LogP contribution is 2.22. The molecule has 0 unspecified atom stereocenters. The molecule has 1 aromatic heterocycles. The maximum Gasteiger partial charge on any atom is 0.170 e. The van der Waals surface area contributed by atoms with Gasteiger partial charge in [0.05, 0.1) is 0 Å². The summed E-state index contributed by atoms with van der Waals surface area (Å²) >= 11 is 0. The fourth-order valence-corrected chi connectivity index (χ4v) is 4.08. The van der Waals surface area contributed by atoms with Gasteiger partial charge in [-0.25, -0.2) is 0 Å². The molecule has 1 aromatic rings. The van der Waals surface area contributed by atoms with Gasteiger partial charge < -0.3 is 9.80 Å². The van der Waals surface area contributed by atoms with E-state index in [9.17, 15) is 4.79 Å². The largest absolute Gasteiger partial charge is 0.303 e. The molecule has 0 spiro atoms. The molecule has 0 aliphatic carbocycles. The summed E-state index contributed by atoms with van der Waals surface area (Å²) in [6, 6.07) is 3.79. The number of pyridine rings is 1. The zero-order valence-corrected chi connectivity index (χ0v) is 18.3. The molecule has 0 atom stereocenters. The van der Waals surface area contributed by atoms with Crippen LogP contribution >= 0.6 is 24.8 Å². The van der Waals surface area contributed by atoms with E-state index < -0.39 is 0 Å². The second-order valence-corrected chi connectivity index (χ2v) is 8.27. The molecular formula is C21H35Cl2N3O. The standard InChI is InChI=1S/C21H33N3O.2ClH/c1-17-5-10-23(11-6-17)15-20(16-24-12-7-18(2)8-13-24)21(25)19-4-3-9-22-14-19;;/h3-4,9,14,17-18,20H,5-8,10-13,15-16H2,1-2H3;2*1H. The van der Waals surface area contributed by atoms with E-state index in [2.05, 4.69) is 28.6 Å². The molecule has 3 rings (SSSR count). The van der Waals surface area contributed by atoms with E-state index in [-0.39, 0.29) is 36.5 Å². The Hall–Kier alpha value is -0.680. The Morgan fingerprint density at radius 3 is 1.89 bits per heavy atom. The lowest BCUT2D eigenvalue weighted by Crippen LogP contribution is -2.45. The van der Waals surface area contributed by atoms with E-state index in [1.165, 1.54) is 25.7 Å². The average Bonchev–Trinajstić information content (AvgIpc) is 2.65. The van der Waals surface area contributed by atoms with Crippen molar-refractivity contribution in [2.75, 3.05) is 39.3 Å². The van der Waals surface area contributed by atoms with Gasteiger partial charge in [0.1, 0.15) is 0 Å². The molecule has 3 heterocycles. The predicted octanol–water partition coefficient (Wildman–Crippen LogP) is 4.19. The van der Waals surface area contributed by atoms with Crippen LogP contribution in [-0.2, 0) is 0 Å². The molecule has 2 saturated heterocycles. The lowest BCUT2D eigenvalue weighted by molar-refractivity contribution is 0.0763. The zero-order valence-electron chi connectivity index (χ0n) is 16.7. The SMILES string of the molecule is CC1CCN(CC(CN2CCC(C)CC2)C(=O)c2cccnc2)CC1.Cl.Cl. The first-order valence-corrected chi connectivity index (χ1v) is 10.0. The van der Waals surface area contributed by atoms with Crippen molar-refractivity contribution < 1.29 is 4.79 Å². The van der Waals surface area contributed by atoms with E-state index in [4.69, 9.17) is 0 Å². The molecule has 0 aromatic carbocycles. The van der Waals surface area contributed by atoms with Gasteiger partial charge in [-0.1, -0.05) is 13.8 Å². The van der Waals surface area contributed by atoms with Crippen molar-refractivity contribution in [2.24, 2.45) is 17.8 Å². The quantitative estimate of drug-likeness (QED) is 0.652. The number of rotatable bonds is 6. The fraction of sp³-hybridized carbons (Fsp3) is 0.714. The minimum Gasteiger partial charge on any atom is -0.303 e. The van der Waals surface area contributed by atoms with Crippen molar-refractivity contribution in [3.63, 3.8) is 0 Å². The van der Waals surface area contributed by atoms with Crippen LogP contribution in [0.2, 0.25) is 0 Å². The van der Waals surface area contributed by atoms with Gasteiger partial charge in [0.15, 0.2) is 5.78 Å². The molecule has 2 fully saturated rings. The number of halogens is 2. The Labute approximate surface area is 176 Å². The van der Waals surface area contributed by atoms with Gasteiger partial charge in [-0.15, -0.1) is 24.8 Å². The van der Waals surface area contributed by atoms with Gasteiger partial charge in [-0.05, 0) is 75.8 Å². The van der Waals surface area contributed by atoms with Gasteiger partial charge in [0, 0.05) is 37.0 Å². The fourth-order valence-electron chi connectivity index (χ4n) is 4.08. The summed E-state index contributed by atoms with van der Waals surface area (Å²) in [5.74, 6) is 1.98. The first-order valence-electron chi connectivity index (χ1n) is 10.0. The summed E-state index contributed by atoms with van der Waals surface area (Å²) in [6.07, 6.45) is 8.50. The smallest absolute Gasteiger partial charge is 0.170 e. The topological polar surface area (TPSA) is 36.4 Å². The molecule has 0 N–H and O–H groups in total. The van der Waals surface area contributed by atoms with Crippen LogP contribution < -0.4 is 0 Å². The second-order valence-electron chi connectivity index (χ2n) is 8.27. The number of aromatic nitrogens is 1. The van der Waals surface area contributed by atoms with E-state index in [1.54, 1.807) is 12.4 Å². The first-order chi connectivity index (χ1) is 12.1. The third-order valence-electron chi connectivity index (χ3n) is 6.03. The summed E-state index contributed by atoms with van der Waals surface area (Å²) in [5.41, 5.74) is 0.767. The minimum atomic E-state index is 0. The highest BCUT2D eigenvalue weighted by Gasteiger charge is 2.28. The lowest BCUT2D eigenvalue weighted by Gasteiger charge is -2.36. The molecule has 0 saturated carbocycles. The number of piperidine rings is 2. The summed E-state index contributed by atoms with van der Waals surface area (Å²) in [7, 11) is 0. The third kappa shape index (κ3) is 7.34. The van der Waals surface area contributed by atoms with Crippen LogP contribution in [0.15, 0.2) is 24.5 Å². The maximum atomic E-state index is 13.1. The van der Waals surface area contributed by atoms with Gasteiger partial charge in [-0.3, -0.25) is 9.78 Å². The third-order valence-corrected chi connectivity index (χ3v) is 6.03. The first kappa shape index (κ1) is 24.4. The Morgan fingerprint density at radius 1 is 1.00 bits per heavy atom. The van der Waals surface area contributed by atoms with Crippen molar-refractivity contribution in [2.45, 2.75) is 39.5 Å². The van der Waals surface area contributed by atoms with Crippen LogP contribution in [0.5, 0.6) is 0 Å². The van der Waals surface area contributed by atoms with E-state index in [0.29, 0.717) is 0 Å². The number of hydrogen-bond acceptors (Lipinski definition) is 4. The van der Waals surface area contributed by atoms with E-state index >= 15 is 0 Å². The van der Waals surface area contributed by atoms with Crippen LogP contribution in [0.3, 0.4) is 0 Å². The molecule has 0 amide bonds. The number of hydrogen-bond donors (Lipinski definition) is 0.